The Labute approximate surface area is 177 Å². The van der Waals surface area contributed by atoms with E-state index in [0.717, 1.165) is 24.1 Å². The molecule has 8 heteroatoms. The summed E-state index contributed by atoms with van der Waals surface area (Å²) in [4.78, 5) is 32.2. The average molecular weight is 423 g/mol. The summed E-state index contributed by atoms with van der Waals surface area (Å²) >= 11 is 6.08. The van der Waals surface area contributed by atoms with Gasteiger partial charge in [-0.05, 0) is 43.0 Å². The first-order valence-corrected chi connectivity index (χ1v) is 10.0. The lowest BCUT2D eigenvalue weighted by atomic mass is 10.1. The molecule has 0 atom stereocenters. The van der Waals surface area contributed by atoms with Gasteiger partial charge in [0.2, 0.25) is 11.3 Å². The second-order valence-corrected chi connectivity index (χ2v) is 7.67. The second-order valence-electron chi connectivity index (χ2n) is 7.24. The number of aromatic amines is 1. The molecule has 0 aliphatic heterocycles. The van der Waals surface area contributed by atoms with Crippen LogP contribution in [0, 0.1) is 11.3 Å². The molecule has 2 heterocycles. The number of aromatic nitrogens is 3. The zero-order chi connectivity index (χ0) is 21.3. The number of nitriles is 1. The van der Waals surface area contributed by atoms with Gasteiger partial charge in [-0.1, -0.05) is 24.6 Å². The lowest BCUT2D eigenvalue weighted by Gasteiger charge is -2.14. The van der Waals surface area contributed by atoms with Crippen molar-refractivity contribution < 1.29 is 4.74 Å². The Balaban J connectivity index is 1.75. The summed E-state index contributed by atoms with van der Waals surface area (Å²) in [5.41, 5.74) is 2.07. The number of aryl methyl sites for hydroxylation is 1. The van der Waals surface area contributed by atoms with Crippen LogP contribution in [0.2, 0.25) is 5.02 Å². The van der Waals surface area contributed by atoms with Gasteiger partial charge in [0.15, 0.2) is 0 Å². The molecule has 3 aromatic rings. The molecule has 1 saturated carbocycles. The number of pyridine rings is 1. The molecule has 0 bridgehead atoms. The number of nitrogens with one attached hydrogen (secondary N) is 1. The molecule has 1 aliphatic carbocycles. The Kier molecular flexibility index (Phi) is 5.42. The standard InChI is InChI=1S/C22H19ClN4O3/c1-2-18-15(5-6-19(28)26-18)11-27-12-25-20(14-3-4-14)21(22(27)29)30-17-8-13(10-24)7-16(23)9-17/h5-9,12,14H,2-4,11H2,1H3,(H,26,28). The van der Waals surface area contributed by atoms with E-state index >= 15 is 0 Å². The molecule has 0 unspecified atom stereocenters. The van der Waals surface area contributed by atoms with E-state index in [-0.39, 0.29) is 29.3 Å². The van der Waals surface area contributed by atoms with Gasteiger partial charge in [0, 0.05) is 22.7 Å². The minimum Gasteiger partial charge on any atom is -0.449 e. The zero-order valence-electron chi connectivity index (χ0n) is 16.3. The van der Waals surface area contributed by atoms with Gasteiger partial charge in [-0.15, -0.1) is 0 Å². The predicted molar refractivity (Wildman–Crippen MR) is 112 cm³/mol. The van der Waals surface area contributed by atoms with Crippen molar-refractivity contribution in [3.8, 4) is 17.6 Å². The highest BCUT2D eigenvalue weighted by atomic mass is 35.5. The van der Waals surface area contributed by atoms with Gasteiger partial charge < -0.3 is 9.72 Å². The predicted octanol–water partition coefficient (Wildman–Crippen LogP) is 3.74. The molecule has 1 aromatic carbocycles. The summed E-state index contributed by atoms with van der Waals surface area (Å²) in [7, 11) is 0. The molecular weight excluding hydrogens is 404 g/mol. The Morgan fingerprint density at radius 2 is 2.10 bits per heavy atom. The maximum atomic E-state index is 13.3. The van der Waals surface area contributed by atoms with E-state index in [1.807, 2.05) is 13.0 Å². The third-order valence-electron chi connectivity index (χ3n) is 5.00. The highest BCUT2D eigenvalue weighted by Crippen LogP contribution is 2.42. The Morgan fingerprint density at radius 3 is 2.80 bits per heavy atom. The number of hydrogen-bond acceptors (Lipinski definition) is 5. The fraction of sp³-hybridized carbons (Fsp3) is 0.273. The van der Waals surface area contributed by atoms with E-state index in [1.165, 1.54) is 29.1 Å². The van der Waals surface area contributed by atoms with Gasteiger partial charge in [0.05, 0.1) is 30.2 Å². The van der Waals surface area contributed by atoms with E-state index in [4.69, 9.17) is 21.6 Å². The van der Waals surface area contributed by atoms with Crippen LogP contribution >= 0.6 is 11.6 Å². The molecule has 152 valence electrons. The largest absolute Gasteiger partial charge is 0.449 e. The highest BCUT2D eigenvalue weighted by Gasteiger charge is 2.31. The molecule has 0 amide bonds. The zero-order valence-corrected chi connectivity index (χ0v) is 17.1. The fourth-order valence-electron chi connectivity index (χ4n) is 3.34. The van der Waals surface area contributed by atoms with Gasteiger partial charge >= 0.3 is 0 Å². The quantitative estimate of drug-likeness (QED) is 0.652. The monoisotopic (exact) mass is 422 g/mol. The topological polar surface area (TPSA) is 101 Å². The summed E-state index contributed by atoms with van der Waals surface area (Å²) in [6.07, 6.45) is 4.06. The van der Waals surface area contributed by atoms with Crippen molar-refractivity contribution in [3.05, 3.63) is 84.9 Å². The third kappa shape index (κ3) is 4.14. The van der Waals surface area contributed by atoms with Crippen molar-refractivity contribution in [1.29, 1.82) is 5.26 Å². The number of ether oxygens (including phenoxy) is 1. The molecule has 0 saturated heterocycles. The fourth-order valence-corrected chi connectivity index (χ4v) is 3.56. The van der Waals surface area contributed by atoms with Crippen LogP contribution in [-0.4, -0.2) is 14.5 Å². The van der Waals surface area contributed by atoms with Gasteiger partial charge in [-0.25, -0.2) is 4.98 Å². The van der Waals surface area contributed by atoms with Crippen LogP contribution < -0.4 is 15.9 Å². The van der Waals surface area contributed by atoms with E-state index < -0.39 is 0 Å². The van der Waals surface area contributed by atoms with E-state index in [2.05, 4.69) is 9.97 Å². The van der Waals surface area contributed by atoms with Crippen LogP contribution in [0.5, 0.6) is 11.5 Å². The molecule has 2 aromatic heterocycles. The summed E-state index contributed by atoms with van der Waals surface area (Å²) in [5.74, 6) is 0.653. The number of rotatable bonds is 6. The Morgan fingerprint density at radius 1 is 1.30 bits per heavy atom. The molecule has 1 fully saturated rings. The van der Waals surface area contributed by atoms with Crippen molar-refractivity contribution in [3.63, 3.8) is 0 Å². The van der Waals surface area contributed by atoms with Crippen LogP contribution in [0.1, 0.15) is 48.2 Å². The van der Waals surface area contributed by atoms with E-state index in [9.17, 15) is 9.59 Å². The van der Waals surface area contributed by atoms with Crippen LogP contribution in [0.3, 0.4) is 0 Å². The maximum Gasteiger partial charge on any atom is 0.296 e. The lowest BCUT2D eigenvalue weighted by Crippen LogP contribution is -2.25. The third-order valence-corrected chi connectivity index (χ3v) is 5.22. The Hall–Kier alpha value is -3.37. The number of nitrogens with zero attached hydrogens (tertiary/aromatic N) is 3. The van der Waals surface area contributed by atoms with Crippen molar-refractivity contribution in [1.82, 2.24) is 14.5 Å². The molecule has 0 radical (unpaired) electrons. The van der Waals surface area contributed by atoms with Crippen molar-refractivity contribution >= 4 is 11.6 Å². The van der Waals surface area contributed by atoms with Crippen LogP contribution in [0.4, 0.5) is 0 Å². The first-order valence-electron chi connectivity index (χ1n) is 9.67. The first-order chi connectivity index (χ1) is 14.5. The summed E-state index contributed by atoms with van der Waals surface area (Å²) in [6, 6.07) is 9.82. The minimum atomic E-state index is -0.321. The molecule has 1 aliphatic rings. The maximum absolute atomic E-state index is 13.3. The van der Waals surface area contributed by atoms with Gasteiger partial charge in [0.1, 0.15) is 5.75 Å². The van der Waals surface area contributed by atoms with Crippen molar-refractivity contribution in [2.75, 3.05) is 0 Å². The summed E-state index contributed by atoms with van der Waals surface area (Å²) < 4.78 is 7.39. The van der Waals surface area contributed by atoms with Crippen molar-refractivity contribution in [2.45, 2.75) is 38.6 Å². The summed E-state index contributed by atoms with van der Waals surface area (Å²) in [6.45, 7) is 2.19. The summed E-state index contributed by atoms with van der Waals surface area (Å²) in [5, 5.41) is 9.52. The lowest BCUT2D eigenvalue weighted by molar-refractivity contribution is 0.454. The van der Waals surface area contributed by atoms with Crippen LogP contribution in [0.15, 0.2) is 46.2 Å². The minimum absolute atomic E-state index is 0.147. The molecular formula is C22H19ClN4O3. The van der Waals surface area contributed by atoms with Crippen LogP contribution in [-0.2, 0) is 13.0 Å². The number of H-pyrrole nitrogens is 1. The molecule has 4 rings (SSSR count). The molecule has 0 spiro atoms. The first kappa shape index (κ1) is 19.9. The molecule has 7 nitrogen and oxygen atoms in total. The number of halogens is 1. The van der Waals surface area contributed by atoms with E-state index in [0.29, 0.717) is 28.5 Å². The Bertz CT molecular complexity index is 1270. The number of benzene rings is 1. The van der Waals surface area contributed by atoms with Gasteiger partial charge in [-0.2, -0.15) is 5.26 Å². The average Bonchev–Trinajstić information content (AvgIpc) is 3.57. The smallest absolute Gasteiger partial charge is 0.296 e. The SMILES string of the molecule is CCc1[nH]c(=O)ccc1Cn1cnc(C2CC2)c(Oc2cc(Cl)cc(C#N)c2)c1=O. The second kappa shape index (κ2) is 8.17. The number of hydrogen-bond donors (Lipinski definition) is 1. The van der Waals surface area contributed by atoms with E-state index in [1.54, 1.807) is 12.1 Å². The van der Waals surface area contributed by atoms with Crippen LogP contribution in [0.25, 0.3) is 0 Å². The van der Waals surface area contributed by atoms with Gasteiger partial charge in [-0.3, -0.25) is 14.2 Å². The van der Waals surface area contributed by atoms with Gasteiger partial charge in [0.25, 0.3) is 5.56 Å². The molecule has 1 N–H and O–H groups in total. The van der Waals surface area contributed by atoms with Crippen molar-refractivity contribution in [2.24, 2.45) is 0 Å². The normalized spacial score (nSPS) is 13.1. The molecule has 30 heavy (non-hydrogen) atoms. The highest BCUT2D eigenvalue weighted by molar-refractivity contribution is 6.30.